The average molecular weight is 261 g/mol. The number of H-pyrrole nitrogens is 1. The number of nitrogens with one attached hydrogen (secondary N) is 1. The van der Waals surface area contributed by atoms with Gasteiger partial charge in [-0.05, 0) is 25.1 Å². The maximum Gasteiger partial charge on any atom is 0.277 e. The van der Waals surface area contributed by atoms with Gasteiger partial charge < -0.3 is 4.98 Å². The van der Waals surface area contributed by atoms with Gasteiger partial charge in [0.1, 0.15) is 12.2 Å². The molecule has 0 unspecified atom stereocenters. The van der Waals surface area contributed by atoms with E-state index in [0.29, 0.717) is 22.0 Å². The Bertz CT molecular complexity index is 790. The Hall–Kier alpha value is -2.14. The molecule has 0 fully saturated rings. The monoisotopic (exact) mass is 260 g/mol. The fourth-order valence-corrected chi connectivity index (χ4v) is 2.05. The van der Waals surface area contributed by atoms with Crippen LogP contribution in [0, 0.1) is 6.92 Å². The molecule has 0 bridgehead atoms. The van der Waals surface area contributed by atoms with Gasteiger partial charge in [0.05, 0.1) is 0 Å². The average Bonchev–Trinajstić information content (AvgIpc) is 2.72. The zero-order chi connectivity index (χ0) is 12.7. The van der Waals surface area contributed by atoms with Crippen molar-refractivity contribution in [1.82, 2.24) is 19.5 Å². The predicted octanol–water partition coefficient (Wildman–Crippen LogP) is 2.07. The molecule has 0 atom stereocenters. The smallest absolute Gasteiger partial charge is 0.277 e. The minimum Gasteiger partial charge on any atom is -0.309 e. The number of aryl methyl sites for hydroxylation is 1. The van der Waals surface area contributed by atoms with Crippen LogP contribution in [0.2, 0.25) is 5.02 Å². The third-order valence-corrected chi connectivity index (χ3v) is 2.85. The molecule has 0 aliphatic carbocycles. The fraction of sp³-hybridized carbons (Fsp3) is 0.0833. The van der Waals surface area contributed by atoms with Gasteiger partial charge >= 0.3 is 0 Å². The number of aromatic nitrogens is 4. The molecule has 90 valence electrons. The maximum absolute atomic E-state index is 12.0. The number of rotatable bonds is 1. The lowest BCUT2D eigenvalue weighted by Crippen LogP contribution is -2.12. The van der Waals surface area contributed by atoms with Crippen LogP contribution in [0.3, 0.4) is 0 Å². The van der Waals surface area contributed by atoms with Crippen molar-refractivity contribution in [3.05, 3.63) is 51.8 Å². The second-order valence-corrected chi connectivity index (χ2v) is 4.35. The largest absolute Gasteiger partial charge is 0.309 e. The molecule has 1 N–H and O–H groups in total. The number of hydrogen-bond acceptors (Lipinski definition) is 3. The highest BCUT2D eigenvalue weighted by Gasteiger charge is 2.10. The van der Waals surface area contributed by atoms with E-state index in [-0.39, 0.29) is 5.56 Å². The Morgan fingerprint density at radius 1 is 1.39 bits per heavy atom. The van der Waals surface area contributed by atoms with E-state index in [9.17, 15) is 4.79 Å². The van der Waals surface area contributed by atoms with Crippen LogP contribution in [0.5, 0.6) is 0 Å². The molecule has 2 heterocycles. The summed E-state index contributed by atoms with van der Waals surface area (Å²) in [5.74, 6) is 0.545. The minimum absolute atomic E-state index is 0.213. The van der Waals surface area contributed by atoms with Crippen LogP contribution < -0.4 is 5.56 Å². The first kappa shape index (κ1) is 11.0. The quantitative estimate of drug-likeness (QED) is 0.728. The summed E-state index contributed by atoms with van der Waals surface area (Å²) in [5, 5.41) is 0.603. The Labute approximate surface area is 107 Å². The van der Waals surface area contributed by atoms with Crippen molar-refractivity contribution in [1.29, 1.82) is 0 Å². The lowest BCUT2D eigenvalue weighted by atomic mass is 10.3. The summed E-state index contributed by atoms with van der Waals surface area (Å²) >= 11 is 5.94. The van der Waals surface area contributed by atoms with Crippen LogP contribution in [0.4, 0.5) is 0 Å². The van der Waals surface area contributed by atoms with Crippen molar-refractivity contribution in [2.75, 3.05) is 0 Å². The van der Waals surface area contributed by atoms with Gasteiger partial charge in [-0.15, -0.1) is 0 Å². The van der Waals surface area contributed by atoms with Crippen molar-refractivity contribution in [2.24, 2.45) is 0 Å². The molecule has 0 saturated carbocycles. The van der Waals surface area contributed by atoms with Crippen molar-refractivity contribution in [2.45, 2.75) is 6.92 Å². The van der Waals surface area contributed by atoms with Crippen molar-refractivity contribution in [3.63, 3.8) is 0 Å². The van der Waals surface area contributed by atoms with Gasteiger partial charge in [-0.25, -0.2) is 9.97 Å². The van der Waals surface area contributed by atoms with E-state index in [1.54, 1.807) is 30.0 Å². The first-order chi connectivity index (χ1) is 8.65. The number of imidazole rings is 1. The zero-order valence-corrected chi connectivity index (χ0v) is 10.3. The van der Waals surface area contributed by atoms with E-state index in [4.69, 9.17) is 11.6 Å². The molecular formula is C12H9ClN4O. The summed E-state index contributed by atoms with van der Waals surface area (Å²) in [7, 11) is 0. The van der Waals surface area contributed by atoms with E-state index < -0.39 is 0 Å². The molecular weight excluding hydrogens is 252 g/mol. The molecule has 0 amide bonds. The summed E-state index contributed by atoms with van der Waals surface area (Å²) < 4.78 is 1.67. The Morgan fingerprint density at radius 3 is 3.00 bits per heavy atom. The normalized spacial score (nSPS) is 11.0. The molecule has 0 saturated heterocycles. The first-order valence-electron chi connectivity index (χ1n) is 5.35. The van der Waals surface area contributed by atoms with Crippen molar-refractivity contribution in [3.8, 4) is 5.69 Å². The topological polar surface area (TPSA) is 63.6 Å². The van der Waals surface area contributed by atoms with Crippen LogP contribution in [0.15, 0.2) is 35.4 Å². The molecule has 18 heavy (non-hydrogen) atoms. The van der Waals surface area contributed by atoms with E-state index in [1.165, 1.54) is 0 Å². The van der Waals surface area contributed by atoms with Crippen LogP contribution >= 0.6 is 11.6 Å². The number of halogens is 1. The maximum atomic E-state index is 12.0. The third-order valence-electron chi connectivity index (χ3n) is 2.62. The SMILES string of the molecule is Cc1nc2ncn(-c3cccc(Cl)c3)c2c(=O)[nH]1. The lowest BCUT2D eigenvalue weighted by molar-refractivity contribution is 1.03. The molecule has 0 aliphatic heterocycles. The van der Waals surface area contributed by atoms with E-state index in [2.05, 4.69) is 15.0 Å². The summed E-state index contributed by atoms with van der Waals surface area (Å²) in [6.07, 6.45) is 1.57. The summed E-state index contributed by atoms with van der Waals surface area (Å²) in [5.41, 5.74) is 1.41. The molecule has 3 aromatic rings. The summed E-state index contributed by atoms with van der Waals surface area (Å²) in [4.78, 5) is 22.9. The molecule has 0 spiro atoms. The Morgan fingerprint density at radius 2 is 2.22 bits per heavy atom. The molecule has 2 aromatic heterocycles. The lowest BCUT2D eigenvalue weighted by Gasteiger charge is -2.03. The molecule has 0 radical (unpaired) electrons. The van der Waals surface area contributed by atoms with Gasteiger partial charge in [-0.1, -0.05) is 17.7 Å². The highest BCUT2D eigenvalue weighted by Crippen LogP contribution is 2.17. The number of fused-ring (bicyclic) bond motifs is 1. The second kappa shape index (κ2) is 3.96. The highest BCUT2D eigenvalue weighted by atomic mass is 35.5. The Kier molecular flexibility index (Phi) is 2.41. The third kappa shape index (κ3) is 1.69. The van der Waals surface area contributed by atoms with Crippen LogP contribution in [0.1, 0.15) is 5.82 Å². The molecule has 5 nitrogen and oxygen atoms in total. The van der Waals surface area contributed by atoms with Gasteiger partial charge in [0, 0.05) is 10.7 Å². The second-order valence-electron chi connectivity index (χ2n) is 3.92. The number of aromatic amines is 1. The van der Waals surface area contributed by atoms with Crippen LogP contribution in [0.25, 0.3) is 16.9 Å². The van der Waals surface area contributed by atoms with E-state index in [1.807, 2.05) is 12.1 Å². The van der Waals surface area contributed by atoms with Crippen molar-refractivity contribution < 1.29 is 0 Å². The van der Waals surface area contributed by atoms with Gasteiger partial charge in [0.15, 0.2) is 11.2 Å². The number of benzene rings is 1. The minimum atomic E-state index is -0.213. The van der Waals surface area contributed by atoms with Gasteiger partial charge in [0.25, 0.3) is 5.56 Å². The predicted molar refractivity (Wildman–Crippen MR) is 69.2 cm³/mol. The molecule has 0 aliphatic rings. The molecule has 6 heteroatoms. The highest BCUT2D eigenvalue weighted by molar-refractivity contribution is 6.30. The number of hydrogen-bond donors (Lipinski definition) is 1. The fourth-order valence-electron chi connectivity index (χ4n) is 1.86. The van der Waals surface area contributed by atoms with Crippen molar-refractivity contribution >= 4 is 22.8 Å². The standard InChI is InChI=1S/C12H9ClN4O/c1-7-15-11-10(12(18)16-7)17(6-14-11)9-4-2-3-8(13)5-9/h2-6H,1H3,(H,15,16,18). The summed E-state index contributed by atoms with van der Waals surface area (Å²) in [6.45, 7) is 1.72. The van der Waals surface area contributed by atoms with E-state index in [0.717, 1.165) is 5.69 Å². The van der Waals surface area contributed by atoms with Gasteiger partial charge in [-0.2, -0.15) is 0 Å². The van der Waals surface area contributed by atoms with E-state index >= 15 is 0 Å². The van der Waals surface area contributed by atoms with Crippen LogP contribution in [-0.2, 0) is 0 Å². The van der Waals surface area contributed by atoms with Gasteiger partial charge in [0.2, 0.25) is 0 Å². The first-order valence-corrected chi connectivity index (χ1v) is 5.73. The molecule has 3 rings (SSSR count). The summed E-state index contributed by atoms with van der Waals surface area (Å²) in [6, 6.07) is 7.21. The number of nitrogens with zero attached hydrogens (tertiary/aromatic N) is 3. The Balaban J connectivity index is 2.34. The van der Waals surface area contributed by atoms with Crippen LogP contribution in [-0.4, -0.2) is 19.5 Å². The molecule has 1 aromatic carbocycles. The zero-order valence-electron chi connectivity index (χ0n) is 9.51. The van der Waals surface area contributed by atoms with Gasteiger partial charge in [-0.3, -0.25) is 9.36 Å².